The topological polar surface area (TPSA) is 79.5 Å². The van der Waals surface area contributed by atoms with Gasteiger partial charge in [-0.1, -0.05) is 36.4 Å². The number of carboxylic acids is 1. The normalized spacial score (nSPS) is 10.7. The maximum absolute atomic E-state index is 12.5. The zero-order valence-electron chi connectivity index (χ0n) is 12.5. The molecule has 0 spiro atoms. The zero-order chi connectivity index (χ0) is 16.4. The van der Waals surface area contributed by atoms with Gasteiger partial charge < -0.3 is 14.8 Å². The zero-order valence-corrected chi connectivity index (χ0v) is 12.5. The summed E-state index contributed by atoms with van der Waals surface area (Å²) in [6.07, 6.45) is -0.157. The maximum Gasteiger partial charge on any atom is 0.307 e. The smallest absolute Gasteiger partial charge is 0.307 e. The molecule has 3 rings (SSSR count). The molecule has 5 heteroatoms. The maximum atomic E-state index is 12.5. The highest BCUT2D eigenvalue weighted by atomic mass is 16.4. The second-order valence-electron chi connectivity index (χ2n) is 5.23. The van der Waals surface area contributed by atoms with E-state index < -0.39 is 11.9 Å². The van der Waals surface area contributed by atoms with E-state index in [1.165, 1.54) is 0 Å². The summed E-state index contributed by atoms with van der Waals surface area (Å²) < 4.78 is 5.63. The molecule has 0 bridgehead atoms. The molecule has 0 atom stereocenters. The minimum Gasteiger partial charge on any atom is -0.481 e. The molecule has 2 aromatic carbocycles. The SMILES string of the molecule is Cc1c(C(=O)Nc2ccccc2CC(=O)O)oc2ccccc12. The van der Waals surface area contributed by atoms with E-state index in [1.54, 1.807) is 30.3 Å². The molecule has 0 aliphatic heterocycles. The lowest BCUT2D eigenvalue weighted by Gasteiger charge is -2.08. The molecule has 5 nitrogen and oxygen atoms in total. The predicted octanol–water partition coefficient (Wildman–Crippen LogP) is 3.62. The molecule has 1 heterocycles. The molecule has 0 aliphatic rings. The Balaban J connectivity index is 1.92. The highest BCUT2D eigenvalue weighted by Crippen LogP contribution is 2.26. The van der Waals surface area contributed by atoms with Gasteiger partial charge in [0, 0.05) is 16.6 Å². The van der Waals surface area contributed by atoms with E-state index in [0.717, 1.165) is 10.9 Å². The Morgan fingerprint density at radius 2 is 1.78 bits per heavy atom. The Hall–Kier alpha value is -3.08. The largest absolute Gasteiger partial charge is 0.481 e. The van der Waals surface area contributed by atoms with Crippen LogP contribution < -0.4 is 5.32 Å². The summed E-state index contributed by atoms with van der Waals surface area (Å²) in [7, 11) is 0. The minimum atomic E-state index is -0.952. The molecule has 2 N–H and O–H groups in total. The minimum absolute atomic E-state index is 0.157. The van der Waals surface area contributed by atoms with Crippen molar-refractivity contribution in [2.45, 2.75) is 13.3 Å². The van der Waals surface area contributed by atoms with Crippen molar-refractivity contribution in [3.63, 3.8) is 0 Å². The average molecular weight is 309 g/mol. The molecule has 3 aromatic rings. The van der Waals surface area contributed by atoms with E-state index in [0.29, 0.717) is 16.8 Å². The molecule has 1 amide bonds. The number of rotatable bonds is 4. The van der Waals surface area contributed by atoms with Crippen LogP contribution in [0.2, 0.25) is 0 Å². The summed E-state index contributed by atoms with van der Waals surface area (Å²) in [5, 5.41) is 12.6. The van der Waals surface area contributed by atoms with E-state index in [1.807, 2.05) is 25.1 Å². The number of para-hydroxylation sites is 2. The third-order valence-corrected chi connectivity index (χ3v) is 3.66. The molecule has 23 heavy (non-hydrogen) atoms. The number of amides is 1. The van der Waals surface area contributed by atoms with Crippen molar-refractivity contribution in [1.29, 1.82) is 0 Å². The summed E-state index contributed by atoms with van der Waals surface area (Å²) in [5.74, 6) is -1.11. The summed E-state index contributed by atoms with van der Waals surface area (Å²) in [4.78, 5) is 23.4. The fraction of sp³-hybridized carbons (Fsp3) is 0.111. The number of carbonyl (C=O) groups is 2. The van der Waals surface area contributed by atoms with Crippen LogP contribution in [0.25, 0.3) is 11.0 Å². The Morgan fingerprint density at radius 3 is 2.52 bits per heavy atom. The molecule has 1 aromatic heterocycles. The Kier molecular flexibility index (Phi) is 3.85. The summed E-state index contributed by atoms with van der Waals surface area (Å²) in [6.45, 7) is 1.82. The van der Waals surface area contributed by atoms with Crippen molar-refractivity contribution in [3.05, 3.63) is 65.4 Å². The van der Waals surface area contributed by atoms with Crippen LogP contribution in [0, 0.1) is 6.92 Å². The van der Waals surface area contributed by atoms with Crippen molar-refractivity contribution >= 4 is 28.5 Å². The first-order chi connectivity index (χ1) is 11.1. The molecule has 0 unspecified atom stereocenters. The second-order valence-corrected chi connectivity index (χ2v) is 5.23. The molecule has 0 fully saturated rings. The van der Waals surface area contributed by atoms with Crippen LogP contribution >= 0.6 is 0 Å². The van der Waals surface area contributed by atoms with Crippen LogP contribution in [0.15, 0.2) is 52.9 Å². The molecule has 116 valence electrons. The van der Waals surface area contributed by atoms with Gasteiger partial charge in [-0.25, -0.2) is 0 Å². The molecular formula is C18H15NO4. The van der Waals surface area contributed by atoms with Crippen molar-refractivity contribution in [3.8, 4) is 0 Å². The molecule has 0 aliphatic carbocycles. The van der Waals surface area contributed by atoms with Crippen LogP contribution in [0.3, 0.4) is 0 Å². The summed E-state index contributed by atoms with van der Waals surface area (Å²) in [6, 6.07) is 14.3. The Labute approximate surface area is 132 Å². The van der Waals surface area contributed by atoms with Crippen LogP contribution in [0.4, 0.5) is 5.69 Å². The number of carboxylic acid groups (broad SMARTS) is 1. The van der Waals surface area contributed by atoms with Crippen LogP contribution in [-0.4, -0.2) is 17.0 Å². The highest BCUT2D eigenvalue weighted by Gasteiger charge is 2.18. The fourth-order valence-corrected chi connectivity index (χ4v) is 2.53. The number of aryl methyl sites for hydroxylation is 1. The number of furan rings is 1. The predicted molar refractivity (Wildman–Crippen MR) is 86.7 cm³/mol. The van der Waals surface area contributed by atoms with Crippen LogP contribution in [-0.2, 0) is 11.2 Å². The van der Waals surface area contributed by atoms with Crippen molar-refractivity contribution in [2.24, 2.45) is 0 Å². The van der Waals surface area contributed by atoms with E-state index in [2.05, 4.69) is 5.32 Å². The first-order valence-electron chi connectivity index (χ1n) is 7.15. The van der Waals surface area contributed by atoms with Crippen LogP contribution in [0.1, 0.15) is 21.7 Å². The number of carbonyl (C=O) groups excluding carboxylic acids is 1. The highest BCUT2D eigenvalue weighted by molar-refractivity contribution is 6.06. The Bertz CT molecular complexity index is 895. The summed E-state index contributed by atoms with van der Waals surface area (Å²) >= 11 is 0. The fourth-order valence-electron chi connectivity index (χ4n) is 2.53. The van der Waals surface area contributed by atoms with E-state index in [4.69, 9.17) is 9.52 Å². The van der Waals surface area contributed by atoms with Gasteiger partial charge in [-0.3, -0.25) is 9.59 Å². The number of aliphatic carboxylic acids is 1. The van der Waals surface area contributed by atoms with Crippen LogP contribution in [0.5, 0.6) is 0 Å². The Morgan fingerprint density at radius 1 is 1.09 bits per heavy atom. The molecule has 0 saturated heterocycles. The monoisotopic (exact) mass is 309 g/mol. The standard InChI is InChI=1S/C18H15NO4/c1-11-13-7-3-5-9-15(13)23-17(11)18(22)19-14-8-4-2-6-12(14)10-16(20)21/h2-9H,10H2,1H3,(H,19,22)(H,20,21). The number of hydrogen-bond donors (Lipinski definition) is 2. The molecule has 0 radical (unpaired) electrons. The number of fused-ring (bicyclic) bond motifs is 1. The van der Waals surface area contributed by atoms with Gasteiger partial charge in [0.1, 0.15) is 5.58 Å². The van der Waals surface area contributed by atoms with Crippen molar-refractivity contribution < 1.29 is 19.1 Å². The lowest BCUT2D eigenvalue weighted by atomic mass is 10.1. The van der Waals surface area contributed by atoms with E-state index in [9.17, 15) is 9.59 Å². The average Bonchev–Trinajstić information content (AvgIpc) is 2.86. The number of nitrogens with one attached hydrogen (secondary N) is 1. The number of benzene rings is 2. The second kappa shape index (κ2) is 5.96. The van der Waals surface area contributed by atoms with E-state index >= 15 is 0 Å². The lowest BCUT2D eigenvalue weighted by molar-refractivity contribution is -0.136. The van der Waals surface area contributed by atoms with Gasteiger partial charge in [-0.05, 0) is 24.6 Å². The van der Waals surface area contributed by atoms with Gasteiger partial charge in [-0.15, -0.1) is 0 Å². The first kappa shape index (κ1) is 14.8. The van der Waals surface area contributed by atoms with E-state index in [-0.39, 0.29) is 12.2 Å². The van der Waals surface area contributed by atoms with Gasteiger partial charge in [0.05, 0.1) is 6.42 Å². The lowest BCUT2D eigenvalue weighted by Crippen LogP contribution is -2.14. The number of hydrogen-bond acceptors (Lipinski definition) is 3. The summed E-state index contributed by atoms with van der Waals surface area (Å²) in [5.41, 5.74) is 2.42. The van der Waals surface area contributed by atoms with Gasteiger partial charge in [0.2, 0.25) is 0 Å². The third kappa shape index (κ3) is 2.94. The van der Waals surface area contributed by atoms with Crippen molar-refractivity contribution in [1.82, 2.24) is 0 Å². The quantitative estimate of drug-likeness (QED) is 0.771. The molecular weight excluding hydrogens is 294 g/mol. The third-order valence-electron chi connectivity index (χ3n) is 3.66. The number of anilines is 1. The molecule has 0 saturated carbocycles. The van der Waals surface area contributed by atoms with Gasteiger partial charge in [-0.2, -0.15) is 0 Å². The van der Waals surface area contributed by atoms with Gasteiger partial charge in [0.25, 0.3) is 5.91 Å². The van der Waals surface area contributed by atoms with Gasteiger partial charge >= 0.3 is 5.97 Å². The first-order valence-corrected chi connectivity index (χ1v) is 7.15. The van der Waals surface area contributed by atoms with Gasteiger partial charge in [0.15, 0.2) is 5.76 Å². The van der Waals surface area contributed by atoms with Crippen molar-refractivity contribution in [2.75, 3.05) is 5.32 Å².